The maximum absolute atomic E-state index is 6.27. The highest BCUT2D eigenvalue weighted by Gasteiger charge is 2.48. The molecule has 0 spiro atoms. The molecule has 3 rings (SSSR count). The van der Waals surface area contributed by atoms with Crippen LogP contribution in [0.3, 0.4) is 0 Å². The average molecular weight is 352 g/mol. The Morgan fingerprint density at radius 2 is 1.77 bits per heavy atom. The molecule has 1 unspecified atom stereocenters. The highest BCUT2D eigenvalue weighted by Crippen LogP contribution is 2.47. The predicted molar refractivity (Wildman–Crippen MR) is 110 cm³/mol. The molecule has 1 heterocycles. The minimum absolute atomic E-state index is 0.0680. The monoisotopic (exact) mass is 351 g/mol. The summed E-state index contributed by atoms with van der Waals surface area (Å²) in [7, 11) is 0. The van der Waals surface area contributed by atoms with Crippen LogP contribution < -0.4 is 5.32 Å². The van der Waals surface area contributed by atoms with E-state index in [0.29, 0.717) is 0 Å². The van der Waals surface area contributed by atoms with E-state index in [0.717, 1.165) is 32.5 Å². The van der Waals surface area contributed by atoms with Gasteiger partial charge in [-0.25, -0.2) is 0 Å². The molecule has 2 aromatic carbocycles. The van der Waals surface area contributed by atoms with Crippen LogP contribution in [-0.4, -0.2) is 18.8 Å². The van der Waals surface area contributed by atoms with E-state index >= 15 is 0 Å². The molecule has 0 aromatic heterocycles. The van der Waals surface area contributed by atoms with Gasteiger partial charge in [0.25, 0.3) is 0 Å². The number of benzene rings is 2. The maximum Gasteiger partial charge on any atom is 0.0723 e. The molecule has 1 atom stereocenters. The molecular formula is C24H33NO. The van der Waals surface area contributed by atoms with E-state index in [1.807, 2.05) is 0 Å². The Labute approximate surface area is 159 Å². The van der Waals surface area contributed by atoms with Gasteiger partial charge < -0.3 is 10.1 Å². The topological polar surface area (TPSA) is 21.3 Å². The third kappa shape index (κ3) is 4.02. The molecular weight excluding hydrogens is 318 g/mol. The van der Waals surface area contributed by atoms with Gasteiger partial charge in [-0.3, -0.25) is 0 Å². The molecule has 1 N–H and O–H groups in total. The summed E-state index contributed by atoms with van der Waals surface area (Å²) in [6.07, 6.45) is 3.42. The Morgan fingerprint density at radius 3 is 2.46 bits per heavy atom. The molecule has 0 radical (unpaired) electrons. The van der Waals surface area contributed by atoms with Crippen LogP contribution >= 0.6 is 0 Å². The first-order valence-corrected chi connectivity index (χ1v) is 9.90. The second-order valence-electron chi connectivity index (χ2n) is 8.33. The second-order valence-corrected chi connectivity index (χ2v) is 8.33. The van der Waals surface area contributed by atoms with E-state index in [-0.39, 0.29) is 11.0 Å². The van der Waals surface area contributed by atoms with Crippen molar-refractivity contribution in [1.29, 1.82) is 0 Å². The van der Waals surface area contributed by atoms with Gasteiger partial charge in [-0.2, -0.15) is 0 Å². The van der Waals surface area contributed by atoms with Crippen molar-refractivity contribution in [3.63, 3.8) is 0 Å². The van der Waals surface area contributed by atoms with Crippen LogP contribution in [0.15, 0.2) is 48.5 Å². The first-order valence-electron chi connectivity index (χ1n) is 9.90. The van der Waals surface area contributed by atoms with Crippen LogP contribution in [0.5, 0.6) is 0 Å². The van der Waals surface area contributed by atoms with Crippen molar-refractivity contribution < 1.29 is 4.74 Å². The van der Waals surface area contributed by atoms with Crippen LogP contribution in [-0.2, 0) is 16.7 Å². The Hall–Kier alpha value is -1.64. The molecule has 1 fully saturated rings. The lowest BCUT2D eigenvalue weighted by Crippen LogP contribution is -2.53. The summed E-state index contributed by atoms with van der Waals surface area (Å²) in [5.41, 5.74) is 5.33. The van der Waals surface area contributed by atoms with Gasteiger partial charge in [0.1, 0.15) is 0 Å². The number of aryl methyl sites for hydroxylation is 2. The van der Waals surface area contributed by atoms with E-state index in [1.54, 1.807) is 0 Å². The van der Waals surface area contributed by atoms with Gasteiger partial charge >= 0.3 is 0 Å². The van der Waals surface area contributed by atoms with Crippen LogP contribution in [0.2, 0.25) is 0 Å². The number of ether oxygens (including phenoxy) is 1. The minimum Gasteiger partial charge on any atom is -0.375 e. The Morgan fingerprint density at radius 1 is 1.00 bits per heavy atom. The largest absolute Gasteiger partial charge is 0.375 e. The molecule has 2 nitrogen and oxygen atoms in total. The van der Waals surface area contributed by atoms with Crippen molar-refractivity contribution in [2.24, 2.45) is 0 Å². The van der Waals surface area contributed by atoms with Gasteiger partial charge in [0.15, 0.2) is 0 Å². The Balaban J connectivity index is 1.73. The van der Waals surface area contributed by atoms with Crippen molar-refractivity contribution >= 4 is 0 Å². The summed E-state index contributed by atoms with van der Waals surface area (Å²) in [6, 6.07) is 17.8. The van der Waals surface area contributed by atoms with Gasteiger partial charge in [0.2, 0.25) is 0 Å². The lowest BCUT2D eigenvalue weighted by molar-refractivity contribution is -0.114. The van der Waals surface area contributed by atoms with Crippen molar-refractivity contribution in [3.05, 3.63) is 70.8 Å². The third-order valence-corrected chi connectivity index (χ3v) is 6.11. The van der Waals surface area contributed by atoms with Crippen molar-refractivity contribution in [3.8, 4) is 0 Å². The maximum atomic E-state index is 6.27. The molecule has 1 saturated heterocycles. The summed E-state index contributed by atoms with van der Waals surface area (Å²) in [4.78, 5) is 0. The van der Waals surface area contributed by atoms with Crippen LogP contribution in [0.25, 0.3) is 0 Å². The van der Waals surface area contributed by atoms with Gasteiger partial charge in [-0.05, 0) is 64.6 Å². The molecule has 2 heteroatoms. The summed E-state index contributed by atoms with van der Waals surface area (Å²) in [5, 5.41) is 3.66. The zero-order valence-corrected chi connectivity index (χ0v) is 16.8. The van der Waals surface area contributed by atoms with E-state index in [2.05, 4.69) is 81.5 Å². The summed E-state index contributed by atoms with van der Waals surface area (Å²) in [5.74, 6) is 0. The quantitative estimate of drug-likeness (QED) is 0.712. The fraction of sp³-hybridized carbons (Fsp3) is 0.500. The molecule has 0 amide bonds. The average Bonchev–Trinajstić information content (AvgIpc) is 2.61. The molecule has 0 bridgehead atoms. The number of hydrogen-bond acceptors (Lipinski definition) is 2. The van der Waals surface area contributed by atoms with E-state index < -0.39 is 0 Å². The Kier molecular flexibility index (Phi) is 5.84. The third-order valence-electron chi connectivity index (χ3n) is 6.11. The highest BCUT2D eigenvalue weighted by atomic mass is 16.5. The van der Waals surface area contributed by atoms with Crippen LogP contribution in [0, 0.1) is 13.8 Å². The summed E-state index contributed by atoms with van der Waals surface area (Å²) in [6.45, 7) is 11.6. The minimum atomic E-state index is -0.147. The zero-order chi connectivity index (χ0) is 18.6. The molecule has 1 aliphatic heterocycles. The molecule has 140 valence electrons. The number of hydrogen-bond donors (Lipinski definition) is 1. The van der Waals surface area contributed by atoms with Gasteiger partial charge in [0.05, 0.1) is 5.60 Å². The first kappa shape index (κ1) is 19.1. The molecule has 0 aliphatic carbocycles. The van der Waals surface area contributed by atoms with Crippen molar-refractivity contribution in [2.45, 2.75) is 64.5 Å². The van der Waals surface area contributed by atoms with E-state index in [9.17, 15) is 0 Å². The zero-order valence-electron chi connectivity index (χ0n) is 16.8. The first-order chi connectivity index (χ1) is 12.4. The number of nitrogens with one attached hydrogen (secondary N) is 1. The standard InChI is InChI=1S/C24H33NO/c1-19-9-11-22(12-10-19)24(13-6-16-26-23(24,3)4)14-15-25-18-21-8-5-7-20(2)17-21/h5,7-12,17,25H,6,13-16,18H2,1-4H3. The molecule has 1 aliphatic rings. The van der Waals surface area contributed by atoms with Crippen LogP contribution in [0.1, 0.15) is 55.4 Å². The predicted octanol–water partition coefficient (Wildman–Crippen LogP) is 5.31. The van der Waals surface area contributed by atoms with Crippen molar-refractivity contribution in [1.82, 2.24) is 5.32 Å². The summed E-state index contributed by atoms with van der Waals surface area (Å²) < 4.78 is 6.27. The van der Waals surface area contributed by atoms with Crippen LogP contribution in [0.4, 0.5) is 0 Å². The summed E-state index contributed by atoms with van der Waals surface area (Å²) >= 11 is 0. The Bertz CT molecular complexity index is 719. The smallest absolute Gasteiger partial charge is 0.0723 e. The second kappa shape index (κ2) is 7.94. The van der Waals surface area contributed by atoms with Gasteiger partial charge in [-0.15, -0.1) is 0 Å². The van der Waals surface area contributed by atoms with Crippen molar-refractivity contribution in [2.75, 3.05) is 13.2 Å². The van der Waals surface area contributed by atoms with E-state index in [1.165, 1.54) is 28.7 Å². The SMILES string of the molecule is Cc1ccc(C2(CCNCc3cccc(C)c3)CCCOC2(C)C)cc1. The molecule has 26 heavy (non-hydrogen) atoms. The number of rotatable bonds is 6. The fourth-order valence-corrected chi connectivity index (χ4v) is 4.43. The molecule has 0 saturated carbocycles. The lowest BCUT2D eigenvalue weighted by Gasteiger charge is -2.50. The normalized spacial score (nSPS) is 22.3. The fourth-order valence-electron chi connectivity index (χ4n) is 4.43. The highest BCUT2D eigenvalue weighted by molar-refractivity contribution is 5.33. The van der Waals surface area contributed by atoms with E-state index in [4.69, 9.17) is 4.74 Å². The molecule has 2 aromatic rings. The van der Waals surface area contributed by atoms with Gasteiger partial charge in [0, 0.05) is 18.6 Å². The van der Waals surface area contributed by atoms with Gasteiger partial charge in [-0.1, -0.05) is 59.7 Å². The lowest BCUT2D eigenvalue weighted by atomic mass is 9.62.